The van der Waals surface area contributed by atoms with Crippen LogP contribution >= 0.6 is 0 Å². The average Bonchev–Trinajstić information content (AvgIpc) is 2.51. The van der Waals surface area contributed by atoms with Crippen molar-refractivity contribution in [3.63, 3.8) is 0 Å². The molecule has 1 aliphatic rings. The lowest BCUT2D eigenvalue weighted by molar-refractivity contribution is -0.143. The molecule has 0 N–H and O–H groups in total. The van der Waals surface area contributed by atoms with E-state index in [9.17, 15) is 4.79 Å². The van der Waals surface area contributed by atoms with Gasteiger partial charge in [-0.15, -0.1) is 0 Å². The zero-order chi connectivity index (χ0) is 13.1. The molecule has 0 amide bonds. The van der Waals surface area contributed by atoms with Gasteiger partial charge in [-0.3, -0.25) is 4.79 Å². The standard InChI is InChI=1S/C15H26O2/c1-6-17-14(16)10-7-11(2)13-9-8-12(3)15(13,4)5/h8,11,13H,6-7,9-10H2,1-5H3. The molecule has 0 spiro atoms. The minimum atomic E-state index is -0.0557. The topological polar surface area (TPSA) is 26.3 Å². The van der Waals surface area contributed by atoms with Crippen LogP contribution in [0, 0.1) is 17.3 Å². The van der Waals surface area contributed by atoms with Gasteiger partial charge in [0.05, 0.1) is 6.61 Å². The highest BCUT2D eigenvalue weighted by atomic mass is 16.5. The fourth-order valence-electron chi connectivity index (χ4n) is 2.88. The Balaban J connectivity index is 2.44. The minimum Gasteiger partial charge on any atom is -0.466 e. The molecule has 0 aromatic heterocycles. The zero-order valence-corrected chi connectivity index (χ0v) is 11.9. The van der Waals surface area contributed by atoms with Gasteiger partial charge in [0.2, 0.25) is 0 Å². The molecule has 0 heterocycles. The molecule has 0 saturated carbocycles. The summed E-state index contributed by atoms with van der Waals surface area (Å²) in [5, 5.41) is 0. The normalized spacial score (nSPS) is 24.3. The summed E-state index contributed by atoms with van der Waals surface area (Å²) < 4.78 is 4.98. The fraction of sp³-hybridized carbons (Fsp3) is 0.800. The van der Waals surface area contributed by atoms with E-state index in [4.69, 9.17) is 4.74 Å². The number of carbonyl (C=O) groups is 1. The molecule has 2 nitrogen and oxygen atoms in total. The van der Waals surface area contributed by atoms with Crippen LogP contribution in [0.25, 0.3) is 0 Å². The number of carbonyl (C=O) groups excluding carboxylic acids is 1. The summed E-state index contributed by atoms with van der Waals surface area (Å²) in [6, 6.07) is 0. The number of allylic oxidation sites excluding steroid dienone is 2. The number of hydrogen-bond acceptors (Lipinski definition) is 2. The first-order valence-electron chi connectivity index (χ1n) is 6.72. The first kappa shape index (κ1) is 14.3. The zero-order valence-electron chi connectivity index (χ0n) is 11.9. The van der Waals surface area contributed by atoms with E-state index in [-0.39, 0.29) is 11.4 Å². The van der Waals surface area contributed by atoms with Crippen molar-refractivity contribution in [2.24, 2.45) is 17.3 Å². The third-order valence-corrected chi connectivity index (χ3v) is 4.42. The molecule has 0 bridgehead atoms. The van der Waals surface area contributed by atoms with Crippen LogP contribution in [0.3, 0.4) is 0 Å². The van der Waals surface area contributed by atoms with Crippen molar-refractivity contribution in [3.8, 4) is 0 Å². The highest BCUT2D eigenvalue weighted by Gasteiger charge is 2.37. The quantitative estimate of drug-likeness (QED) is 0.535. The number of hydrogen-bond donors (Lipinski definition) is 0. The number of ether oxygens (including phenoxy) is 1. The van der Waals surface area contributed by atoms with E-state index in [0.29, 0.717) is 24.9 Å². The van der Waals surface area contributed by atoms with E-state index in [1.807, 2.05) is 6.92 Å². The molecule has 17 heavy (non-hydrogen) atoms. The van der Waals surface area contributed by atoms with Gasteiger partial charge in [-0.05, 0) is 43.9 Å². The second kappa shape index (κ2) is 5.70. The Kier molecular flexibility index (Phi) is 4.79. The smallest absolute Gasteiger partial charge is 0.305 e. The summed E-state index contributed by atoms with van der Waals surface area (Å²) in [7, 11) is 0. The van der Waals surface area contributed by atoms with Crippen LogP contribution in [-0.4, -0.2) is 12.6 Å². The fourth-order valence-corrected chi connectivity index (χ4v) is 2.88. The van der Waals surface area contributed by atoms with Gasteiger partial charge in [-0.25, -0.2) is 0 Å². The molecule has 0 aliphatic heterocycles. The Morgan fingerprint density at radius 3 is 2.71 bits per heavy atom. The van der Waals surface area contributed by atoms with Crippen LogP contribution in [0.2, 0.25) is 0 Å². The van der Waals surface area contributed by atoms with Crippen LogP contribution < -0.4 is 0 Å². The van der Waals surface area contributed by atoms with Gasteiger partial charge in [-0.1, -0.05) is 32.4 Å². The molecule has 0 aromatic rings. The Labute approximate surface area is 105 Å². The maximum absolute atomic E-state index is 11.4. The second-order valence-corrected chi connectivity index (χ2v) is 5.77. The number of esters is 1. The lowest BCUT2D eigenvalue weighted by Crippen LogP contribution is -2.26. The third kappa shape index (κ3) is 3.34. The van der Waals surface area contributed by atoms with Gasteiger partial charge < -0.3 is 4.74 Å². The van der Waals surface area contributed by atoms with Gasteiger partial charge in [0.15, 0.2) is 0 Å². The van der Waals surface area contributed by atoms with Gasteiger partial charge in [0.25, 0.3) is 0 Å². The van der Waals surface area contributed by atoms with Crippen molar-refractivity contribution >= 4 is 5.97 Å². The van der Waals surface area contributed by atoms with Crippen molar-refractivity contribution in [3.05, 3.63) is 11.6 Å². The van der Waals surface area contributed by atoms with Crippen molar-refractivity contribution in [2.45, 2.75) is 53.9 Å². The van der Waals surface area contributed by atoms with Gasteiger partial charge in [0.1, 0.15) is 0 Å². The first-order chi connectivity index (χ1) is 7.89. The molecule has 1 aliphatic carbocycles. The predicted molar refractivity (Wildman–Crippen MR) is 70.7 cm³/mol. The van der Waals surface area contributed by atoms with E-state index in [1.165, 1.54) is 5.57 Å². The maximum atomic E-state index is 11.4. The molecule has 2 heteroatoms. The Hall–Kier alpha value is -0.790. The monoisotopic (exact) mass is 238 g/mol. The second-order valence-electron chi connectivity index (χ2n) is 5.77. The third-order valence-electron chi connectivity index (χ3n) is 4.42. The Morgan fingerprint density at radius 2 is 2.24 bits per heavy atom. The van der Waals surface area contributed by atoms with E-state index < -0.39 is 0 Å². The minimum absolute atomic E-state index is 0.0557. The molecule has 0 fully saturated rings. The average molecular weight is 238 g/mol. The van der Waals surface area contributed by atoms with E-state index in [1.54, 1.807) is 0 Å². The van der Waals surface area contributed by atoms with Gasteiger partial charge in [0, 0.05) is 6.42 Å². The summed E-state index contributed by atoms with van der Waals surface area (Å²) in [5.74, 6) is 1.18. The van der Waals surface area contributed by atoms with E-state index in [2.05, 4.69) is 33.8 Å². The Morgan fingerprint density at radius 1 is 1.59 bits per heavy atom. The van der Waals surface area contributed by atoms with Crippen molar-refractivity contribution in [1.82, 2.24) is 0 Å². The molecular weight excluding hydrogens is 212 g/mol. The first-order valence-corrected chi connectivity index (χ1v) is 6.72. The van der Waals surface area contributed by atoms with Gasteiger partial charge in [-0.2, -0.15) is 0 Å². The van der Waals surface area contributed by atoms with Crippen LogP contribution in [0.1, 0.15) is 53.9 Å². The van der Waals surface area contributed by atoms with Crippen molar-refractivity contribution in [2.75, 3.05) is 6.61 Å². The largest absolute Gasteiger partial charge is 0.466 e. The molecular formula is C15H26O2. The highest BCUT2D eigenvalue weighted by molar-refractivity contribution is 5.69. The summed E-state index contributed by atoms with van der Waals surface area (Å²) in [6.45, 7) is 11.5. The SMILES string of the molecule is CCOC(=O)CCC(C)C1CC=C(C)C1(C)C. The molecule has 0 radical (unpaired) electrons. The lowest BCUT2D eigenvalue weighted by atomic mass is 9.71. The van der Waals surface area contributed by atoms with E-state index >= 15 is 0 Å². The maximum Gasteiger partial charge on any atom is 0.305 e. The molecule has 98 valence electrons. The Bertz CT molecular complexity index is 302. The molecule has 1 rings (SSSR count). The lowest BCUT2D eigenvalue weighted by Gasteiger charge is -2.34. The van der Waals surface area contributed by atoms with E-state index in [0.717, 1.165) is 12.8 Å². The summed E-state index contributed by atoms with van der Waals surface area (Å²) in [5.41, 5.74) is 1.78. The molecule has 0 aromatic carbocycles. The molecule has 2 atom stereocenters. The molecule has 0 saturated heterocycles. The van der Waals surface area contributed by atoms with Crippen molar-refractivity contribution in [1.29, 1.82) is 0 Å². The highest BCUT2D eigenvalue weighted by Crippen LogP contribution is 2.47. The van der Waals surface area contributed by atoms with Crippen LogP contribution in [0.4, 0.5) is 0 Å². The number of rotatable bonds is 5. The predicted octanol–water partition coefficient (Wildman–Crippen LogP) is 3.96. The van der Waals surface area contributed by atoms with Gasteiger partial charge >= 0.3 is 5.97 Å². The molecule has 2 unspecified atom stereocenters. The summed E-state index contributed by atoms with van der Waals surface area (Å²) in [4.78, 5) is 11.4. The van der Waals surface area contributed by atoms with Crippen LogP contribution in [0.5, 0.6) is 0 Å². The summed E-state index contributed by atoms with van der Waals surface area (Å²) in [6.07, 6.45) is 5.00. The van der Waals surface area contributed by atoms with Crippen molar-refractivity contribution < 1.29 is 9.53 Å². The van der Waals surface area contributed by atoms with Crippen LogP contribution in [0.15, 0.2) is 11.6 Å². The summed E-state index contributed by atoms with van der Waals surface area (Å²) >= 11 is 0. The van der Waals surface area contributed by atoms with Crippen LogP contribution in [-0.2, 0) is 9.53 Å².